The number of hydrogen-bond donors (Lipinski definition) is 3. The highest BCUT2D eigenvalue weighted by Crippen LogP contribution is 2.07. The normalized spacial score (nSPS) is 11.3. The lowest BCUT2D eigenvalue weighted by atomic mass is 10.1. The molecule has 0 aliphatic rings. The summed E-state index contributed by atoms with van der Waals surface area (Å²) in [6, 6.07) is 7.36. The van der Waals surface area contributed by atoms with E-state index in [1.54, 1.807) is 25.1 Å². The molecule has 0 atom stereocenters. The highest BCUT2D eigenvalue weighted by atomic mass is 32.1. The minimum atomic E-state index is -0.452. The largest absolute Gasteiger partial charge is 0.335 e. The second-order valence-electron chi connectivity index (χ2n) is 4.50. The van der Waals surface area contributed by atoms with Gasteiger partial charge in [-0.1, -0.05) is 18.2 Å². The van der Waals surface area contributed by atoms with Crippen LogP contribution in [0.5, 0.6) is 0 Å². The molecule has 0 fully saturated rings. The lowest BCUT2D eigenvalue weighted by Crippen LogP contribution is -2.23. The highest BCUT2D eigenvalue weighted by molar-refractivity contribution is 7.71. The van der Waals surface area contributed by atoms with Gasteiger partial charge in [0.25, 0.3) is 5.56 Å². The molecular weight excluding hydrogens is 307 g/mol. The third-order valence-corrected chi connectivity index (χ3v) is 2.98. The van der Waals surface area contributed by atoms with Gasteiger partial charge in [0.05, 0.1) is 12.1 Å². The van der Waals surface area contributed by atoms with Crippen molar-refractivity contribution in [2.75, 3.05) is 0 Å². The summed E-state index contributed by atoms with van der Waals surface area (Å²) in [6.07, 6.45) is -0.0956. The minimum Gasteiger partial charge on any atom is -0.335 e. The first kappa shape index (κ1) is 15.8. The third kappa shape index (κ3) is 4.19. The molecule has 1 aromatic carbocycles. The van der Waals surface area contributed by atoms with E-state index in [2.05, 4.69) is 20.5 Å². The minimum absolute atomic E-state index is 0.0956. The summed E-state index contributed by atoms with van der Waals surface area (Å²) < 4.78 is 13.7. The van der Waals surface area contributed by atoms with Crippen LogP contribution in [0, 0.1) is 10.6 Å². The Bertz CT molecular complexity index is 813. The van der Waals surface area contributed by atoms with Crippen molar-refractivity contribution < 1.29 is 9.18 Å². The van der Waals surface area contributed by atoms with Crippen molar-refractivity contribution in [1.29, 1.82) is 0 Å². The van der Waals surface area contributed by atoms with Gasteiger partial charge in [0, 0.05) is 17.3 Å². The van der Waals surface area contributed by atoms with Gasteiger partial charge in [-0.3, -0.25) is 14.6 Å². The van der Waals surface area contributed by atoms with Crippen molar-refractivity contribution >= 4 is 23.8 Å². The van der Waals surface area contributed by atoms with Crippen LogP contribution >= 0.6 is 12.2 Å². The fourth-order valence-electron chi connectivity index (χ4n) is 1.79. The van der Waals surface area contributed by atoms with Gasteiger partial charge in [-0.15, -0.1) is 0 Å². The molecule has 6 nitrogen and oxygen atoms in total. The van der Waals surface area contributed by atoms with Crippen LogP contribution in [-0.4, -0.2) is 21.6 Å². The number of H-pyrrole nitrogens is 2. The van der Waals surface area contributed by atoms with Gasteiger partial charge in [0.15, 0.2) is 4.77 Å². The van der Waals surface area contributed by atoms with Crippen LogP contribution in [-0.2, 0) is 11.2 Å². The van der Waals surface area contributed by atoms with E-state index >= 15 is 0 Å². The molecule has 0 radical (unpaired) electrons. The lowest BCUT2D eigenvalue weighted by Gasteiger charge is -2.04. The Hall–Kier alpha value is -2.61. The summed E-state index contributed by atoms with van der Waals surface area (Å²) in [5.41, 5.74) is 2.93. The van der Waals surface area contributed by atoms with E-state index in [4.69, 9.17) is 12.2 Å². The van der Waals surface area contributed by atoms with E-state index in [9.17, 15) is 14.0 Å². The predicted molar refractivity (Wildman–Crippen MR) is 82.7 cm³/mol. The molecule has 1 heterocycles. The van der Waals surface area contributed by atoms with Crippen molar-refractivity contribution in [2.24, 2.45) is 5.10 Å². The number of nitrogens with one attached hydrogen (secondary N) is 3. The van der Waals surface area contributed by atoms with Crippen LogP contribution in [0.4, 0.5) is 4.39 Å². The fraction of sp³-hybridized carbons (Fsp3) is 0.143. The van der Waals surface area contributed by atoms with Gasteiger partial charge in [0.2, 0.25) is 5.91 Å². The molecule has 1 amide bonds. The Kier molecular flexibility index (Phi) is 4.95. The van der Waals surface area contributed by atoms with Crippen molar-refractivity contribution in [3.63, 3.8) is 0 Å². The summed E-state index contributed by atoms with van der Waals surface area (Å²) in [5, 5.41) is 3.85. The molecule has 0 saturated carbocycles. The zero-order valence-corrected chi connectivity index (χ0v) is 12.5. The number of aromatic nitrogens is 2. The molecule has 22 heavy (non-hydrogen) atoms. The van der Waals surface area contributed by atoms with Gasteiger partial charge in [-0.25, -0.2) is 9.82 Å². The second kappa shape index (κ2) is 6.90. The van der Waals surface area contributed by atoms with Gasteiger partial charge < -0.3 is 4.98 Å². The molecule has 8 heteroatoms. The number of benzene rings is 1. The number of hydrazone groups is 1. The smallest absolute Gasteiger partial charge is 0.251 e. The van der Waals surface area contributed by atoms with Crippen molar-refractivity contribution in [1.82, 2.24) is 15.4 Å². The Labute approximate surface area is 130 Å². The summed E-state index contributed by atoms with van der Waals surface area (Å²) >= 11 is 4.81. The third-order valence-electron chi connectivity index (χ3n) is 2.78. The number of carbonyl (C=O) groups excluding carboxylic acids is 1. The van der Waals surface area contributed by atoms with Crippen molar-refractivity contribution in [2.45, 2.75) is 13.3 Å². The van der Waals surface area contributed by atoms with Crippen LogP contribution in [0.1, 0.15) is 18.2 Å². The second-order valence-corrected chi connectivity index (χ2v) is 4.91. The first-order chi connectivity index (χ1) is 10.5. The fourth-order valence-corrected chi connectivity index (χ4v) is 2.02. The Morgan fingerprint density at radius 2 is 2.09 bits per heavy atom. The molecule has 1 aromatic heterocycles. The number of nitrogens with zero attached hydrogens (tertiary/aromatic N) is 1. The zero-order valence-electron chi connectivity index (χ0n) is 11.6. The van der Waals surface area contributed by atoms with E-state index < -0.39 is 17.3 Å². The molecule has 0 spiro atoms. The molecular formula is C14H13FN4O2S. The Balaban J connectivity index is 2.06. The summed E-state index contributed by atoms with van der Waals surface area (Å²) in [6.45, 7) is 1.58. The van der Waals surface area contributed by atoms with Crippen molar-refractivity contribution in [3.05, 3.63) is 62.5 Å². The van der Waals surface area contributed by atoms with Crippen LogP contribution in [0.25, 0.3) is 0 Å². The molecule has 0 aliphatic carbocycles. The quantitative estimate of drug-likeness (QED) is 0.454. The summed E-state index contributed by atoms with van der Waals surface area (Å²) in [5.74, 6) is -0.872. The molecule has 2 rings (SSSR count). The standard InChI is InChI=1S/C14H13FN4O2S/c1-8(10-4-2-3-5-11(10)15)18-19-13(21)7-9-6-12(20)17-14(22)16-9/h2-6H,7H2,1H3,(H,19,21)(H2,16,17,20,22)/b18-8-. The van der Waals surface area contributed by atoms with Gasteiger partial charge in [-0.05, 0) is 25.2 Å². The SMILES string of the molecule is C/C(=N/NC(=O)Cc1cc(=O)[nH]c(=S)[nH]1)c1ccccc1F. The van der Waals surface area contributed by atoms with Gasteiger partial charge >= 0.3 is 0 Å². The van der Waals surface area contributed by atoms with E-state index in [0.717, 1.165) is 0 Å². The van der Waals surface area contributed by atoms with Crippen LogP contribution in [0.3, 0.4) is 0 Å². The van der Waals surface area contributed by atoms with Gasteiger partial charge in [-0.2, -0.15) is 5.10 Å². The van der Waals surface area contributed by atoms with E-state index in [1.807, 2.05) is 0 Å². The monoisotopic (exact) mass is 320 g/mol. The maximum atomic E-state index is 13.6. The first-order valence-corrected chi connectivity index (χ1v) is 6.77. The average molecular weight is 320 g/mol. The molecule has 2 aromatic rings. The number of carbonyl (C=O) groups is 1. The molecule has 0 saturated heterocycles. The average Bonchev–Trinajstić information content (AvgIpc) is 2.44. The lowest BCUT2D eigenvalue weighted by molar-refractivity contribution is -0.120. The van der Waals surface area contributed by atoms with Crippen molar-refractivity contribution in [3.8, 4) is 0 Å². The summed E-state index contributed by atoms with van der Waals surface area (Å²) in [7, 11) is 0. The molecule has 0 unspecified atom stereocenters. The summed E-state index contributed by atoms with van der Waals surface area (Å²) in [4.78, 5) is 28.1. The van der Waals surface area contributed by atoms with Crippen LogP contribution in [0.2, 0.25) is 0 Å². The molecule has 0 aliphatic heterocycles. The highest BCUT2D eigenvalue weighted by Gasteiger charge is 2.07. The number of halogens is 1. The Morgan fingerprint density at radius 3 is 2.77 bits per heavy atom. The first-order valence-electron chi connectivity index (χ1n) is 6.36. The van der Waals surface area contributed by atoms with E-state index in [1.165, 1.54) is 12.1 Å². The topological polar surface area (TPSA) is 90.1 Å². The molecule has 3 N–H and O–H groups in total. The maximum Gasteiger partial charge on any atom is 0.251 e. The molecule has 114 valence electrons. The number of hydrogen-bond acceptors (Lipinski definition) is 4. The maximum absolute atomic E-state index is 13.6. The molecule has 0 bridgehead atoms. The predicted octanol–water partition coefficient (Wildman–Crippen LogP) is 1.65. The van der Waals surface area contributed by atoms with Crippen LogP contribution < -0.4 is 11.0 Å². The zero-order chi connectivity index (χ0) is 16.1. The Morgan fingerprint density at radius 1 is 1.36 bits per heavy atom. The number of amides is 1. The van der Waals surface area contributed by atoms with E-state index in [-0.39, 0.29) is 11.2 Å². The number of aromatic amines is 2. The number of rotatable bonds is 4. The van der Waals surface area contributed by atoms with E-state index in [0.29, 0.717) is 17.0 Å². The van der Waals surface area contributed by atoms with Crippen LogP contribution in [0.15, 0.2) is 40.2 Å². The van der Waals surface area contributed by atoms with Gasteiger partial charge in [0.1, 0.15) is 5.82 Å².